The molecular weight excluding hydrogens is 339 g/mol. The second-order valence-electron chi connectivity index (χ2n) is 3.91. The maximum atomic E-state index is 12.6. The summed E-state index contributed by atoms with van der Waals surface area (Å²) in [7, 11) is 0. The van der Waals surface area contributed by atoms with Crippen LogP contribution in [0.4, 0.5) is 18.9 Å². The number of rotatable bonds is 7. The van der Waals surface area contributed by atoms with Gasteiger partial charge in [-0.15, -0.1) is 0 Å². The van der Waals surface area contributed by atoms with E-state index in [0.29, 0.717) is 23.4 Å². The minimum Gasteiger partial charge on any atom is -0.379 e. The van der Waals surface area contributed by atoms with E-state index in [1.54, 1.807) is 0 Å². The molecule has 0 unspecified atom stereocenters. The first-order valence-electron chi connectivity index (χ1n) is 6.22. The van der Waals surface area contributed by atoms with Crippen LogP contribution in [0.3, 0.4) is 0 Å². The van der Waals surface area contributed by atoms with Crippen molar-refractivity contribution >= 4 is 21.6 Å². The summed E-state index contributed by atoms with van der Waals surface area (Å²) in [5, 5.41) is 2.90. The summed E-state index contributed by atoms with van der Waals surface area (Å²) in [5.74, 6) is 0. The summed E-state index contributed by atoms with van der Waals surface area (Å²) in [4.78, 5) is 0. The molecule has 0 saturated heterocycles. The van der Waals surface area contributed by atoms with Crippen LogP contribution in [0.5, 0.6) is 0 Å². The number of hydrogen-bond acceptors (Lipinski definition) is 3. The minimum atomic E-state index is -4.36. The van der Waals surface area contributed by atoms with E-state index in [2.05, 4.69) is 21.2 Å². The van der Waals surface area contributed by atoms with Gasteiger partial charge in [-0.05, 0) is 48.0 Å². The molecule has 1 rings (SSSR count). The molecule has 0 radical (unpaired) electrons. The van der Waals surface area contributed by atoms with E-state index in [1.807, 2.05) is 13.8 Å². The zero-order valence-electron chi connectivity index (χ0n) is 11.3. The lowest BCUT2D eigenvalue weighted by molar-refractivity contribution is -0.137. The lowest BCUT2D eigenvalue weighted by Gasteiger charge is -2.19. The third-order valence-electron chi connectivity index (χ3n) is 2.46. The fourth-order valence-corrected chi connectivity index (χ4v) is 1.95. The van der Waals surface area contributed by atoms with Gasteiger partial charge in [0.2, 0.25) is 0 Å². The molecule has 0 fully saturated rings. The van der Waals surface area contributed by atoms with Crippen LogP contribution in [-0.4, -0.2) is 26.0 Å². The van der Waals surface area contributed by atoms with Gasteiger partial charge in [-0.2, -0.15) is 13.2 Å². The second kappa shape index (κ2) is 7.85. The SMILES string of the molecule is CCOC(CNc1cc(C(F)(F)F)ccc1Br)OCC. The van der Waals surface area contributed by atoms with E-state index >= 15 is 0 Å². The van der Waals surface area contributed by atoms with Gasteiger partial charge < -0.3 is 14.8 Å². The average Bonchev–Trinajstić information content (AvgIpc) is 2.36. The van der Waals surface area contributed by atoms with Crippen LogP contribution >= 0.6 is 15.9 Å². The fraction of sp³-hybridized carbons (Fsp3) is 0.538. The molecule has 0 aliphatic carbocycles. The number of anilines is 1. The van der Waals surface area contributed by atoms with Crippen molar-refractivity contribution in [1.82, 2.24) is 0 Å². The predicted octanol–water partition coefficient (Wildman–Crippen LogP) is 4.28. The molecule has 0 bridgehead atoms. The Labute approximate surface area is 124 Å². The molecule has 0 aliphatic rings. The van der Waals surface area contributed by atoms with Gasteiger partial charge in [0.25, 0.3) is 0 Å². The fourth-order valence-electron chi connectivity index (χ4n) is 1.57. The summed E-state index contributed by atoms with van der Waals surface area (Å²) in [6, 6.07) is 3.44. The van der Waals surface area contributed by atoms with E-state index in [4.69, 9.17) is 9.47 Å². The summed E-state index contributed by atoms with van der Waals surface area (Å²) in [5.41, 5.74) is -0.350. The highest BCUT2D eigenvalue weighted by molar-refractivity contribution is 9.10. The summed E-state index contributed by atoms with van der Waals surface area (Å²) >= 11 is 3.21. The Hall–Kier alpha value is -0.790. The van der Waals surface area contributed by atoms with E-state index in [-0.39, 0.29) is 6.54 Å². The highest BCUT2D eigenvalue weighted by atomic mass is 79.9. The van der Waals surface area contributed by atoms with Crippen molar-refractivity contribution in [2.24, 2.45) is 0 Å². The van der Waals surface area contributed by atoms with Gasteiger partial charge >= 0.3 is 6.18 Å². The van der Waals surface area contributed by atoms with Gasteiger partial charge in [0.15, 0.2) is 6.29 Å². The van der Waals surface area contributed by atoms with E-state index < -0.39 is 18.0 Å². The second-order valence-corrected chi connectivity index (χ2v) is 4.77. The van der Waals surface area contributed by atoms with Crippen molar-refractivity contribution in [2.75, 3.05) is 25.1 Å². The summed E-state index contributed by atoms with van der Waals surface area (Å²) in [6.07, 6.45) is -4.86. The molecule has 114 valence electrons. The van der Waals surface area contributed by atoms with Gasteiger partial charge in [-0.1, -0.05) is 0 Å². The van der Waals surface area contributed by atoms with Gasteiger partial charge in [0.1, 0.15) is 0 Å². The Bertz CT molecular complexity index is 421. The minimum absolute atomic E-state index is 0.265. The van der Waals surface area contributed by atoms with E-state index in [0.717, 1.165) is 12.1 Å². The average molecular weight is 356 g/mol. The van der Waals surface area contributed by atoms with Crippen LogP contribution in [-0.2, 0) is 15.7 Å². The highest BCUT2D eigenvalue weighted by Gasteiger charge is 2.30. The summed E-state index contributed by atoms with van der Waals surface area (Å²) < 4.78 is 49.1. The molecule has 0 aliphatic heterocycles. The number of hydrogen-bond donors (Lipinski definition) is 1. The van der Waals surface area contributed by atoms with Crippen LogP contribution in [0, 0.1) is 0 Å². The van der Waals surface area contributed by atoms with Crippen molar-refractivity contribution in [1.29, 1.82) is 0 Å². The number of nitrogens with one attached hydrogen (secondary N) is 1. The van der Waals surface area contributed by atoms with Gasteiger partial charge in [0.05, 0.1) is 12.1 Å². The molecule has 1 aromatic carbocycles. The number of ether oxygens (including phenoxy) is 2. The van der Waals surface area contributed by atoms with Crippen LogP contribution in [0.15, 0.2) is 22.7 Å². The Balaban J connectivity index is 2.75. The first-order chi connectivity index (χ1) is 9.38. The monoisotopic (exact) mass is 355 g/mol. The third-order valence-corrected chi connectivity index (χ3v) is 3.15. The van der Waals surface area contributed by atoms with Crippen molar-refractivity contribution in [3.8, 4) is 0 Å². The Kier molecular flexibility index (Phi) is 6.78. The smallest absolute Gasteiger partial charge is 0.379 e. The van der Waals surface area contributed by atoms with E-state index in [1.165, 1.54) is 6.07 Å². The molecule has 0 heterocycles. The predicted molar refractivity (Wildman–Crippen MR) is 74.7 cm³/mol. The molecule has 0 atom stereocenters. The number of alkyl halides is 3. The maximum Gasteiger partial charge on any atom is 0.416 e. The molecule has 0 spiro atoms. The quantitative estimate of drug-likeness (QED) is 0.740. The molecule has 1 aromatic rings. The lowest BCUT2D eigenvalue weighted by Crippen LogP contribution is -2.26. The van der Waals surface area contributed by atoms with Gasteiger partial charge in [-0.3, -0.25) is 0 Å². The van der Waals surface area contributed by atoms with Gasteiger partial charge in [0, 0.05) is 23.4 Å². The number of halogens is 4. The standard InChI is InChI=1S/C13H17BrF3NO2/c1-3-19-12(20-4-2)8-18-11-7-9(13(15,16)17)5-6-10(11)14/h5-7,12,18H,3-4,8H2,1-2H3. The lowest BCUT2D eigenvalue weighted by atomic mass is 10.2. The Morgan fingerprint density at radius 1 is 1.20 bits per heavy atom. The highest BCUT2D eigenvalue weighted by Crippen LogP contribution is 2.33. The van der Waals surface area contributed by atoms with Crippen molar-refractivity contribution in [2.45, 2.75) is 26.3 Å². The first kappa shape index (κ1) is 17.3. The van der Waals surface area contributed by atoms with Crippen molar-refractivity contribution in [3.05, 3.63) is 28.2 Å². The largest absolute Gasteiger partial charge is 0.416 e. The van der Waals surface area contributed by atoms with Crippen LogP contribution in [0.25, 0.3) is 0 Å². The van der Waals surface area contributed by atoms with Crippen LogP contribution < -0.4 is 5.32 Å². The van der Waals surface area contributed by atoms with Crippen molar-refractivity contribution in [3.63, 3.8) is 0 Å². The van der Waals surface area contributed by atoms with Crippen LogP contribution in [0.2, 0.25) is 0 Å². The molecule has 0 aromatic heterocycles. The molecule has 0 amide bonds. The molecule has 7 heteroatoms. The molecule has 3 nitrogen and oxygen atoms in total. The van der Waals surface area contributed by atoms with Crippen LogP contribution in [0.1, 0.15) is 19.4 Å². The summed E-state index contributed by atoms with van der Waals surface area (Å²) in [6.45, 7) is 4.85. The zero-order chi connectivity index (χ0) is 15.2. The molecular formula is C13H17BrF3NO2. The third kappa shape index (κ3) is 5.30. The Morgan fingerprint density at radius 2 is 1.80 bits per heavy atom. The number of benzene rings is 1. The zero-order valence-corrected chi connectivity index (χ0v) is 12.8. The molecule has 1 N–H and O–H groups in total. The van der Waals surface area contributed by atoms with Gasteiger partial charge in [-0.25, -0.2) is 0 Å². The van der Waals surface area contributed by atoms with E-state index in [9.17, 15) is 13.2 Å². The topological polar surface area (TPSA) is 30.5 Å². The first-order valence-corrected chi connectivity index (χ1v) is 7.01. The molecule has 20 heavy (non-hydrogen) atoms. The maximum absolute atomic E-state index is 12.6. The molecule has 0 saturated carbocycles. The van der Waals surface area contributed by atoms with Crippen molar-refractivity contribution < 1.29 is 22.6 Å². The Morgan fingerprint density at radius 3 is 2.30 bits per heavy atom. The normalized spacial score (nSPS) is 11.9.